The lowest BCUT2D eigenvalue weighted by molar-refractivity contribution is -0.142. The lowest BCUT2D eigenvalue weighted by Crippen LogP contribution is -2.41. The summed E-state index contributed by atoms with van der Waals surface area (Å²) in [6, 6.07) is 10.1. The molecule has 1 N–H and O–H groups in total. The highest BCUT2D eigenvalue weighted by Crippen LogP contribution is 2.41. The molecule has 1 saturated carbocycles. The number of anilines is 1. The fraction of sp³-hybridized carbons (Fsp3) is 0.423. The van der Waals surface area contributed by atoms with Crippen molar-refractivity contribution in [2.75, 3.05) is 33.2 Å². The molecule has 1 fully saturated rings. The number of nitrogens with zero attached hydrogens (tertiary/aromatic N) is 1. The van der Waals surface area contributed by atoms with Crippen LogP contribution < -0.4 is 14.8 Å². The highest BCUT2D eigenvalue weighted by Gasteiger charge is 2.39. The van der Waals surface area contributed by atoms with Crippen LogP contribution in [0.4, 0.5) is 5.69 Å². The topological polar surface area (TPSA) is 94.2 Å². The molecule has 0 radical (unpaired) electrons. The zero-order valence-electron chi connectivity index (χ0n) is 19.9. The maximum atomic E-state index is 13.6. The Morgan fingerprint density at radius 2 is 1.76 bits per heavy atom. The number of carbonyl (C=O) groups is 3. The fourth-order valence-electron chi connectivity index (χ4n) is 4.55. The predicted octanol–water partition coefficient (Wildman–Crippen LogP) is 3.60. The van der Waals surface area contributed by atoms with E-state index in [1.165, 1.54) is 7.11 Å². The van der Waals surface area contributed by atoms with Crippen molar-refractivity contribution in [1.82, 2.24) is 4.90 Å². The number of ether oxygens (including phenoxy) is 3. The Hall–Kier alpha value is -3.55. The zero-order valence-corrected chi connectivity index (χ0v) is 19.9. The molecule has 2 amide bonds. The van der Waals surface area contributed by atoms with Gasteiger partial charge in [-0.25, -0.2) is 0 Å². The van der Waals surface area contributed by atoms with E-state index >= 15 is 0 Å². The van der Waals surface area contributed by atoms with Crippen molar-refractivity contribution >= 4 is 23.5 Å². The van der Waals surface area contributed by atoms with E-state index < -0.39 is 12.0 Å². The third kappa shape index (κ3) is 4.71. The molecule has 2 aromatic carbocycles. The van der Waals surface area contributed by atoms with Crippen LogP contribution in [0.2, 0.25) is 0 Å². The molecular weight excluding hydrogens is 436 g/mol. The molecule has 8 nitrogen and oxygen atoms in total. The van der Waals surface area contributed by atoms with Gasteiger partial charge in [-0.3, -0.25) is 14.4 Å². The van der Waals surface area contributed by atoms with E-state index in [1.807, 2.05) is 19.1 Å². The van der Waals surface area contributed by atoms with Crippen LogP contribution in [0, 0.1) is 11.8 Å². The number of esters is 1. The number of benzene rings is 2. The van der Waals surface area contributed by atoms with Gasteiger partial charge in [0.05, 0.1) is 33.8 Å². The van der Waals surface area contributed by atoms with Crippen LogP contribution in [0.5, 0.6) is 11.5 Å². The molecule has 3 unspecified atom stereocenters. The van der Waals surface area contributed by atoms with E-state index in [9.17, 15) is 14.4 Å². The van der Waals surface area contributed by atoms with Gasteiger partial charge in [0.1, 0.15) is 0 Å². The first-order valence-corrected chi connectivity index (χ1v) is 11.4. The standard InChI is InChI=1S/C26H30N2O6/c1-15-10-19(15)25(30)27-18-7-5-6-17(11-18)26(31)28-9-8-16-12-22(32-2)23(33-3)13-20(16)21(28)14-24(29)34-4/h5-7,11-13,15,19,21H,8-10,14H2,1-4H3,(H,27,30). The number of carbonyl (C=O) groups excluding carboxylic acids is 3. The summed E-state index contributed by atoms with van der Waals surface area (Å²) in [5.41, 5.74) is 2.86. The van der Waals surface area contributed by atoms with Crippen LogP contribution in [0.1, 0.15) is 47.3 Å². The molecule has 3 atom stereocenters. The van der Waals surface area contributed by atoms with E-state index in [2.05, 4.69) is 5.32 Å². The largest absolute Gasteiger partial charge is 0.493 e. The molecule has 4 rings (SSSR count). The van der Waals surface area contributed by atoms with E-state index in [0.717, 1.165) is 17.5 Å². The Kier molecular flexibility index (Phi) is 6.77. The average Bonchev–Trinajstić information content (AvgIpc) is 3.59. The zero-order chi connectivity index (χ0) is 24.4. The summed E-state index contributed by atoms with van der Waals surface area (Å²) in [5.74, 6) is 0.918. The molecule has 0 saturated heterocycles. The quantitative estimate of drug-likeness (QED) is 0.627. The normalized spacial score (nSPS) is 20.7. The molecule has 180 valence electrons. The van der Waals surface area contributed by atoms with Crippen LogP contribution in [-0.2, 0) is 20.7 Å². The van der Waals surface area contributed by atoms with Gasteiger partial charge in [0.25, 0.3) is 5.91 Å². The first kappa shape index (κ1) is 23.6. The number of rotatable bonds is 7. The Labute approximate surface area is 199 Å². The van der Waals surface area contributed by atoms with Crippen molar-refractivity contribution in [3.8, 4) is 11.5 Å². The van der Waals surface area contributed by atoms with Crippen molar-refractivity contribution in [2.24, 2.45) is 11.8 Å². The summed E-state index contributed by atoms with van der Waals surface area (Å²) in [4.78, 5) is 39.9. The van der Waals surface area contributed by atoms with Gasteiger partial charge in [0, 0.05) is 23.7 Å². The van der Waals surface area contributed by atoms with Crippen LogP contribution in [0.25, 0.3) is 0 Å². The van der Waals surface area contributed by atoms with Gasteiger partial charge in [-0.15, -0.1) is 0 Å². The first-order chi connectivity index (χ1) is 16.4. The minimum absolute atomic E-state index is 0.0146. The Morgan fingerprint density at radius 3 is 2.41 bits per heavy atom. The van der Waals surface area contributed by atoms with Gasteiger partial charge in [-0.1, -0.05) is 13.0 Å². The second-order valence-electron chi connectivity index (χ2n) is 8.84. The summed E-state index contributed by atoms with van der Waals surface area (Å²) >= 11 is 0. The van der Waals surface area contributed by atoms with Crippen LogP contribution in [0.3, 0.4) is 0 Å². The highest BCUT2D eigenvalue weighted by atomic mass is 16.5. The Bertz CT molecular complexity index is 1110. The molecular formula is C26H30N2O6. The minimum atomic E-state index is -0.519. The first-order valence-electron chi connectivity index (χ1n) is 11.4. The van der Waals surface area contributed by atoms with Crippen molar-refractivity contribution < 1.29 is 28.6 Å². The van der Waals surface area contributed by atoms with E-state index in [4.69, 9.17) is 14.2 Å². The van der Waals surface area contributed by atoms with Gasteiger partial charge in [0.2, 0.25) is 5.91 Å². The lowest BCUT2D eigenvalue weighted by atomic mass is 9.89. The molecule has 34 heavy (non-hydrogen) atoms. The molecule has 1 heterocycles. The van der Waals surface area contributed by atoms with Crippen molar-refractivity contribution in [3.05, 3.63) is 53.1 Å². The maximum absolute atomic E-state index is 13.6. The van der Waals surface area contributed by atoms with Crippen LogP contribution in [0.15, 0.2) is 36.4 Å². The number of hydrogen-bond acceptors (Lipinski definition) is 6. The third-order valence-corrected chi connectivity index (χ3v) is 6.67. The molecule has 0 aromatic heterocycles. The highest BCUT2D eigenvalue weighted by molar-refractivity contribution is 5.98. The van der Waals surface area contributed by atoms with E-state index in [-0.39, 0.29) is 24.2 Å². The Balaban J connectivity index is 1.63. The van der Waals surface area contributed by atoms with Gasteiger partial charge in [-0.05, 0) is 60.2 Å². The second kappa shape index (κ2) is 9.75. The van der Waals surface area contributed by atoms with Crippen molar-refractivity contribution in [2.45, 2.75) is 32.2 Å². The lowest BCUT2D eigenvalue weighted by Gasteiger charge is -2.37. The summed E-state index contributed by atoms with van der Waals surface area (Å²) < 4.78 is 15.8. The van der Waals surface area contributed by atoms with Gasteiger partial charge in [-0.2, -0.15) is 0 Å². The maximum Gasteiger partial charge on any atom is 0.307 e. The predicted molar refractivity (Wildman–Crippen MR) is 126 cm³/mol. The number of nitrogens with one attached hydrogen (secondary N) is 1. The monoisotopic (exact) mass is 466 g/mol. The smallest absolute Gasteiger partial charge is 0.307 e. The van der Waals surface area contributed by atoms with Crippen LogP contribution in [-0.4, -0.2) is 50.6 Å². The SMILES string of the molecule is COC(=O)CC1c2cc(OC)c(OC)cc2CCN1C(=O)c1cccc(NC(=O)C2CC2C)c1. The molecule has 2 aromatic rings. The molecule has 1 aliphatic heterocycles. The number of hydrogen-bond donors (Lipinski definition) is 1. The molecule has 1 aliphatic carbocycles. The van der Waals surface area contributed by atoms with Gasteiger partial charge in [0.15, 0.2) is 11.5 Å². The number of amides is 2. The molecule has 0 spiro atoms. The summed E-state index contributed by atoms with van der Waals surface area (Å²) in [6.07, 6.45) is 1.51. The summed E-state index contributed by atoms with van der Waals surface area (Å²) in [6.45, 7) is 2.48. The van der Waals surface area contributed by atoms with E-state index in [1.54, 1.807) is 43.4 Å². The fourth-order valence-corrected chi connectivity index (χ4v) is 4.55. The van der Waals surface area contributed by atoms with E-state index in [0.29, 0.717) is 41.6 Å². The molecule has 0 bridgehead atoms. The van der Waals surface area contributed by atoms with Crippen LogP contribution >= 0.6 is 0 Å². The third-order valence-electron chi connectivity index (χ3n) is 6.67. The number of fused-ring (bicyclic) bond motifs is 1. The van der Waals surface area contributed by atoms with Gasteiger partial charge < -0.3 is 24.4 Å². The summed E-state index contributed by atoms with van der Waals surface area (Å²) in [7, 11) is 4.46. The molecule has 8 heteroatoms. The van der Waals surface area contributed by atoms with Crippen molar-refractivity contribution in [3.63, 3.8) is 0 Å². The number of methoxy groups -OCH3 is 3. The second-order valence-corrected chi connectivity index (χ2v) is 8.84. The Morgan fingerprint density at radius 1 is 1.06 bits per heavy atom. The average molecular weight is 467 g/mol. The van der Waals surface area contributed by atoms with Gasteiger partial charge >= 0.3 is 5.97 Å². The summed E-state index contributed by atoms with van der Waals surface area (Å²) in [5, 5.41) is 2.91. The van der Waals surface area contributed by atoms with Crippen molar-refractivity contribution in [1.29, 1.82) is 0 Å². The minimum Gasteiger partial charge on any atom is -0.493 e. The molecule has 2 aliphatic rings.